The highest BCUT2D eigenvalue weighted by Crippen LogP contribution is 2.32. The van der Waals surface area contributed by atoms with Crippen molar-refractivity contribution >= 4 is 17.2 Å². The van der Waals surface area contributed by atoms with E-state index in [2.05, 4.69) is 13.8 Å². The van der Waals surface area contributed by atoms with Crippen molar-refractivity contribution in [3.8, 4) is 0 Å². The number of rotatable bonds is 5. The predicted molar refractivity (Wildman–Crippen MR) is 108 cm³/mol. The normalized spacial score (nSPS) is 18.9. The lowest BCUT2D eigenvalue weighted by Crippen LogP contribution is -2.39. The molecule has 2 aliphatic rings. The molecule has 1 amide bonds. The molecule has 0 spiro atoms. The molecule has 2 aromatic rings. The maximum absolute atomic E-state index is 12.8. The van der Waals surface area contributed by atoms with Gasteiger partial charge >= 0.3 is 0 Å². The maximum Gasteiger partial charge on any atom is 0.228 e. The van der Waals surface area contributed by atoms with E-state index in [-0.39, 0.29) is 12.0 Å². The first-order chi connectivity index (χ1) is 13.2. The number of thiophene rings is 1. The van der Waals surface area contributed by atoms with Crippen LogP contribution in [0.5, 0.6) is 0 Å². The highest BCUT2D eigenvalue weighted by molar-refractivity contribution is 7.10. The van der Waals surface area contributed by atoms with Gasteiger partial charge in [-0.1, -0.05) is 19.4 Å². The van der Waals surface area contributed by atoms with Crippen molar-refractivity contribution < 1.29 is 9.53 Å². The minimum atomic E-state index is 0.219. The molecule has 0 fully saturated rings. The number of hydrogen-bond acceptors (Lipinski definition) is 4. The monoisotopic (exact) mass is 384 g/mol. The van der Waals surface area contributed by atoms with E-state index < -0.39 is 0 Å². The Kier molecular flexibility index (Phi) is 5.60. The van der Waals surface area contributed by atoms with Crippen molar-refractivity contribution in [2.75, 3.05) is 6.54 Å². The second-order valence-electron chi connectivity index (χ2n) is 7.69. The van der Waals surface area contributed by atoms with E-state index in [1.807, 2.05) is 22.4 Å². The van der Waals surface area contributed by atoms with E-state index in [4.69, 9.17) is 9.72 Å². The standard InChI is InChI=1S/C22H28N2O2S/c1-3-4-7-20-17-11-15(2)26-14-19(17)18-13-24(9-8-21(18)23-20)22(25)12-16-6-5-10-27-16/h5-6,10,15H,3-4,7-9,11-14H2,1-2H3/t15-/m0/s1. The number of fused-ring (bicyclic) bond motifs is 3. The van der Waals surface area contributed by atoms with Gasteiger partial charge in [-0.25, -0.2) is 0 Å². The number of amides is 1. The van der Waals surface area contributed by atoms with E-state index in [1.165, 1.54) is 40.9 Å². The Morgan fingerprint density at radius 1 is 1.37 bits per heavy atom. The highest BCUT2D eigenvalue weighted by atomic mass is 32.1. The molecule has 4 nitrogen and oxygen atoms in total. The number of aromatic nitrogens is 1. The molecule has 0 saturated carbocycles. The van der Waals surface area contributed by atoms with Gasteiger partial charge in [-0.05, 0) is 47.9 Å². The van der Waals surface area contributed by atoms with Gasteiger partial charge < -0.3 is 9.64 Å². The van der Waals surface area contributed by atoms with Crippen LogP contribution in [0, 0.1) is 0 Å². The van der Waals surface area contributed by atoms with Gasteiger partial charge in [0.05, 0.1) is 19.1 Å². The summed E-state index contributed by atoms with van der Waals surface area (Å²) in [5.74, 6) is 0.219. The van der Waals surface area contributed by atoms with Gasteiger partial charge in [-0.15, -0.1) is 11.3 Å². The van der Waals surface area contributed by atoms with Crippen LogP contribution < -0.4 is 0 Å². The van der Waals surface area contributed by atoms with Crippen molar-refractivity contribution in [2.45, 2.75) is 71.6 Å². The first-order valence-corrected chi connectivity index (χ1v) is 11.0. The van der Waals surface area contributed by atoms with Crippen LogP contribution in [0.25, 0.3) is 0 Å². The molecule has 0 unspecified atom stereocenters. The third-order valence-electron chi connectivity index (χ3n) is 5.69. The van der Waals surface area contributed by atoms with Crippen LogP contribution in [-0.2, 0) is 48.4 Å². The van der Waals surface area contributed by atoms with Crippen molar-refractivity contribution in [1.29, 1.82) is 0 Å². The number of nitrogens with zero attached hydrogens (tertiary/aromatic N) is 2. The molecule has 144 valence electrons. The summed E-state index contributed by atoms with van der Waals surface area (Å²) in [4.78, 5) is 21.0. The van der Waals surface area contributed by atoms with E-state index >= 15 is 0 Å². The number of carbonyl (C=O) groups excluding carboxylic acids is 1. The predicted octanol–water partition coefficient (Wildman–Crippen LogP) is 4.07. The molecule has 4 rings (SSSR count). The Hall–Kier alpha value is -1.72. The zero-order chi connectivity index (χ0) is 18.8. The molecule has 27 heavy (non-hydrogen) atoms. The second-order valence-corrected chi connectivity index (χ2v) is 8.72. The van der Waals surface area contributed by atoms with Gasteiger partial charge in [0, 0.05) is 42.2 Å². The summed E-state index contributed by atoms with van der Waals surface area (Å²) in [7, 11) is 0. The lowest BCUT2D eigenvalue weighted by molar-refractivity contribution is -0.131. The number of ether oxygens (including phenoxy) is 1. The first-order valence-electron chi connectivity index (χ1n) is 10.1. The lowest BCUT2D eigenvalue weighted by atomic mass is 9.89. The third kappa shape index (κ3) is 3.94. The molecule has 4 heterocycles. The highest BCUT2D eigenvalue weighted by Gasteiger charge is 2.29. The Morgan fingerprint density at radius 3 is 3.04 bits per heavy atom. The zero-order valence-corrected chi connectivity index (χ0v) is 17.1. The van der Waals surface area contributed by atoms with Crippen molar-refractivity contribution in [2.24, 2.45) is 0 Å². The maximum atomic E-state index is 12.8. The second kappa shape index (κ2) is 8.11. The van der Waals surface area contributed by atoms with E-state index in [0.29, 0.717) is 19.6 Å². The molecular weight excluding hydrogens is 356 g/mol. The van der Waals surface area contributed by atoms with Gasteiger partial charge in [0.15, 0.2) is 0 Å². The molecule has 0 aliphatic carbocycles. The summed E-state index contributed by atoms with van der Waals surface area (Å²) in [5, 5.41) is 2.03. The molecule has 2 aliphatic heterocycles. The number of hydrogen-bond donors (Lipinski definition) is 0. The van der Waals surface area contributed by atoms with Crippen LogP contribution in [0.3, 0.4) is 0 Å². The summed E-state index contributed by atoms with van der Waals surface area (Å²) in [5.41, 5.74) is 6.44. The number of aryl methyl sites for hydroxylation is 1. The Morgan fingerprint density at radius 2 is 2.26 bits per heavy atom. The number of unbranched alkanes of at least 4 members (excludes halogenated alkanes) is 1. The quantitative estimate of drug-likeness (QED) is 0.780. The van der Waals surface area contributed by atoms with Crippen LogP contribution in [0.2, 0.25) is 0 Å². The van der Waals surface area contributed by atoms with Crippen LogP contribution in [0.15, 0.2) is 17.5 Å². The SMILES string of the molecule is CCCCc1nc2c(c3c1C[C@H](C)OC3)CN(C(=O)Cc1cccs1)CC2. The average molecular weight is 385 g/mol. The Bertz CT molecular complexity index is 816. The van der Waals surface area contributed by atoms with E-state index in [9.17, 15) is 4.79 Å². The largest absolute Gasteiger partial charge is 0.373 e. The van der Waals surface area contributed by atoms with Gasteiger partial charge in [-0.3, -0.25) is 9.78 Å². The van der Waals surface area contributed by atoms with Crippen LogP contribution in [0.1, 0.15) is 59.6 Å². The van der Waals surface area contributed by atoms with Crippen molar-refractivity contribution in [3.05, 3.63) is 50.5 Å². The Balaban J connectivity index is 1.60. The average Bonchev–Trinajstić information content (AvgIpc) is 3.18. The van der Waals surface area contributed by atoms with Gasteiger partial charge in [0.25, 0.3) is 0 Å². The summed E-state index contributed by atoms with van der Waals surface area (Å²) < 4.78 is 5.98. The summed E-state index contributed by atoms with van der Waals surface area (Å²) >= 11 is 1.65. The molecule has 2 aromatic heterocycles. The first kappa shape index (κ1) is 18.6. The fourth-order valence-electron chi connectivity index (χ4n) is 4.16. The fourth-order valence-corrected chi connectivity index (χ4v) is 4.85. The van der Waals surface area contributed by atoms with Crippen LogP contribution >= 0.6 is 11.3 Å². The van der Waals surface area contributed by atoms with Crippen molar-refractivity contribution in [3.63, 3.8) is 0 Å². The van der Waals surface area contributed by atoms with E-state index in [1.54, 1.807) is 11.3 Å². The van der Waals surface area contributed by atoms with Gasteiger partial charge in [0.1, 0.15) is 0 Å². The third-order valence-corrected chi connectivity index (χ3v) is 6.57. The Labute approximate surface area is 165 Å². The van der Waals surface area contributed by atoms with Gasteiger partial charge in [0.2, 0.25) is 5.91 Å². The summed E-state index contributed by atoms with van der Waals surface area (Å²) in [6.45, 7) is 6.48. The molecular formula is C22H28N2O2S. The minimum Gasteiger partial charge on any atom is -0.373 e. The molecule has 1 atom stereocenters. The molecule has 0 radical (unpaired) electrons. The molecule has 0 saturated heterocycles. The van der Waals surface area contributed by atoms with Gasteiger partial charge in [-0.2, -0.15) is 0 Å². The zero-order valence-electron chi connectivity index (χ0n) is 16.3. The molecule has 0 aromatic carbocycles. The lowest BCUT2D eigenvalue weighted by Gasteiger charge is -2.34. The molecule has 0 N–H and O–H groups in total. The van der Waals surface area contributed by atoms with Crippen LogP contribution in [0.4, 0.5) is 0 Å². The fraction of sp³-hybridized carbons (Fsp3) is 0.545. The number of pyridine rings is 1. The van der Waals surface area contributed by atoms with Crippen LogP contribution in [-0.4, -0.2) is 28.4 Å². The topological polar surface area (TPSA) is 42.4 Å². The van der Waals surface area contributed by atoms with E-state index in [0.717, 1.165) is 30.7 Å². The molecule has 5 heteroatoms. The number of carbonyl (C=O) groups is 1. The molecule has 0 bridgehead atoms. The summed E-state index contributed by atoms with van der Waals surface area (Å²) in [6, 6.07) is 4.05. The minimum absolute atomic E-state index is 0.219. The van der Waals surface area contributed by atoms with Crippen molar-refractivity contribution in [1.82, 2.24) is 9.88 Å². The summed E-state index contributed by atoms with van der Waals surface area (Å²) in [6.07, 6.45) is 5.97. The smallest absolute Gasteiger partial charge is 0.228 e.